The van der Waals surface area contributed by atoms with Gasteiger partial charge in [0.05, 0.1) is 23.3 Å². The van der Waals surface area contributed by atoms with Crippen LogP contribution in [-0.2, 0) is 10.9 Å². The third-order valence-corrected chi connectivity index (χ3v) is 3.97. The average molecular weight is 390 g/mol. The van der Waals surface area contributed by atoms with Crippen LogP contribution < -0.4 is 10.1 Å². The summed E-state index contributed by atoms with van der Waals surface area (Å²) < 4.78 is 51.2. The average Bonchev–Trinajstić information content (AvgIpc) is 2.67. The number of hydrogen-bond acceptors (Lipinski definition) is 4. The van der Waals surface area contributed by atoms with E-state index < -0.39 is 23.2 Å². The van der Waals surface area contributed by atoms with Crippen LogP contribution in [0.3, 0.4) is 0 Å². The van der Waals surface area contributed by atoms with Crippen LogP contribution in [0.15, 0.2) is 54.7 Å². The number of carbonyl (C=O) groups is 1. The summed E-state index contributed by atoms with van der Waals surface area (Å²) in [5, 5.41) is 2.35. The number of rotatable bonds is 6. The van der Waals surface area contributed by atoms with Gasteiger partial charge in [0.2, 0.25) is 0 Å². The molecule has 1 heterocycles. The molecule has 0 spiro atoms. The maximum Gasteiger partial charge on any atom is 0.417 e. The number of hydrogen-bond donors (Lipinski definition) is 1. The molecular weight excluding hydrogens is 373 g/mol. The van der Waals surface area contributed by atoms with E-state index in [4.69, 9.17) is 9.47 Å². The highest BCUT2D eigenvalue weighted by Crippen LogP contribution is 2.37. The van der Waals surface area contributed by atoms with E-state index in [1.165, 1.54) is 18.2 Å². The SMILES string of the molecule is COCCOc1ccc(NC(=O)c2cnc3ccccc3c2C(F)(F)F)cc1. The van der Waals surface area contributed by atoms with Crippen molar-refractivity contribution in [1.29, 1.82) is 0 Å². The first-order valence-electron chi connectivity index (χ1n) is 8.38. The van der Waals surface area contributed by atoms with Crippen molar-refractivity contribution in [3.63, 3.8) is 0 Å². The van der Waals surface area contributed by atoms with E-state index in [1.54, 1.807) is 37.4 Å². The number of halogens is 3. The number of para-hydroxylation sites is 1. The molecule has 3 rings (SSSR count). The van der Waals surface area contributed by atoms with Gasteiger partial charge in [-0.3, -0.25) is 9.78 Å². The molecule has 0 atom stereocenters. The fourth-order valence-corrected chi connectivity index (χ4v) is 2.69. The second-order valence-corrected chi connectivity index (χ2v) is 5.88. The van der Waals surface area contributed by atoms with Crippen molar-refractivity contribution in [3.8, 4) is 5.75 Å². The standard InChI is InChI=1S/C20H17F3N2O3/c1-27-10-11-28-14-8-6-13(7-9-14)25-19(26)16-12-24-17-5-3-2-4-15(17)18(16)20(21,22)23/h2-9,12H,10-11H2,1H3,(H,25,26). The predicted molar refractivity (Wildman–Crippen MR) is 98.5 cm³/mol. The Morgan fingerprint density at radius 1 is 1.07 bits per heavy atom. The van der Waals surface area contributed by atoms with Gasteiger partial charge in [0.15, 0.2) is 0 Å². The zero-order chi connectivity index (χ0) is 20.1. The van der Waals surface area contributed by atoms with Crippen LogP contribution in [0, 0.1) is 0 Å². The lowest BCUT2D eigenvalue weighted by molar-refractivity contribution is -0.136. The highest BCUT2D eigenvalue weighted by atomic mass is 19.4. The molecule has 0 bridgehead atoms. The molecular formula is C20H17F3N2O3. The van der Waals surface area contributed by atoms with Crippen LogP contribution >= 0.6 is 0 Å². The Bertz CT molecular complexity index is 973. The predicted octanol–water partition coefficient (Wildman–Crippen LogP) is 4.53. The molecule has 28 heavy (non-hydrogen) atoms. The van der Waals surface area contributed by atoms with Crippen LogP contribution in [0.2, 0.25) is 0 Å². The van der Waals surface area contributed by atoms with E-state index in [-0.39, 0.29) is 10.9 Å². The quantitative estimate of drug-likeness (QED) is 0.628. The number of pyridine rings is 1. The third kappa shape index (κ3) is 4.40. The molecule has 0 saturated heterocycles. The molecule has 0 aliphatic rings. The van der Waals surface area contributed by atoms with E-state index in [9.17, 15) is 18.0 Å². The Hall–Kier alpha value is -3.13. The number of alkyl halides is 3. The Balaban J connectivity index is 1.86. The van der Waals surface area contributed by atoms with Crippen molar-refractivity contribution in [1.82, 2.24) is 4.98 Å². The monoisotopic (exact) mass is 390 g/mol. The molecule has 5 nitrogen and oxygen atoms in total. The summed E-state index contributed by atoms with van der Waals surface area (Å²) in [5.74, 6) is -0.336. The summed E-state index contributed by atoms with van der Waals surface area (Å²) in [6, 6.07) is 12.1. The summed E-state index contributed by atoms with van der Waals surface area (Å²) in [5.41, 5.74) is -1.03. The van der Waals surface area contributed by atoms with Gasteiger partial charge >= 0.3 is 6.18 Å². The molecule has 0 aliphatic heterocycles. The minimum absolute atomic E-state index is 0.121. The first-order chi connectivity index (χ1) is 13.4. The number of anilines is 1. The lowest BCUT2D eigenvalue weighted by Gasteiger charge is -2.15. The number of methoxy groups -OCH3 is 1. The van der Waals surface area contributed by atoms with Gasteiger partial charge in [0.25, 0.3) is 5.91 Å². The molecule has 0 fully saturated rings. The van der Waals surface area contributed by atoms with Gasteiger partial charge in [-0.15, -0.1) is 0 Å². The Labute approximate surface area is 159 Å². The lowest BCUT2D eigenvalue weighted by atomic mass is 10.0. The number of nitrogens with one attached hydrogen (secondary N) is 1. The zero-order valence-corrected chi connectivity index (χ0v) is 14.9. The highest BCUT2D eigenvalue weighted by molar-refractivity contribution is 6.07. The lowest BCUT2D eigenvalue weighted by Crippen LogP contribution is -2.19. The molecule has 0 saturated carbocycles. The molecule has 0 unspecified atom stereocenters. The van der Waals surface area contributed by atoms with Gasteiger partial charge in [0.1, 0.15) is 12.4 Å². The zero-order valence-electron chi connectivity index (χ0n) is 14.9. The van der Waals surface area contributed by atoms with Crippen molar-refractivity contribution in [2.24, 2.45) is 0 Å². The Morgan fingerprint density at radius 2 is 1.79 bits per heavy atom. The third-order valence-electron chi connectivity index (χ3n) is 3.97. The maximum atomic E-state index is 13.6. The van der Waals surface area contributed by atoms with Crippen molar-refractivity contribution in [2.75, 3.05) is 25.6 Å². The summed E-state index contributed by atoms with van der Waals surface area (Å²) in [4.78, 5) is 16.5. The van der Waals surface area contributed by atoms with Crippen LogP contribution in [-0.4, -0.2) is 31.2 Å². The fraction of sp³-hybridized carbons (Fsp3) is 0.200. The molecule has 1 N–H and O–H groups in total. The van der Waals surface area contributed by atoms with Gasteiger partial charge in [-0.1, -0.05) is 18.2 Å². The molecule has 3 aromatic rings. The maximum absolute atomic E-state index is 13.6. The number of nitrogens with zero attached hydrogens (tertiary/aromatic N) is 1. The summed E-state index contributed by atoms with van der Waals surface area (Å²) in [6.07, 6.45) is -3.75. The number of ether oxygens (including phenoxy) is 2. The molecule has 0 radical (unpaired) electrons. The van der Waals surface area contributed by atoms with E-state index in [2.05, 4.69) is 10.3 Å². The highest BCUT2D eigenvalue weighted by Gasteiger charge is 2.37. The molecule has 8 heteroatoms. The molecule has 2 aromatic carbocycles. The van der Waals surface area contributed by atoms with Gasteiger partial charge in [-0.25, -0.2) is 0 Å². The largest absolute Gasteiger partial charge is 0.491 e. The van der Waals surface area contributed by atoms with E-state index >= 15 is 0 Å². The van der Waals surface area contributed by atoms with E-state index in [0.717, 1.165) is 6.20 Å². The smallest absolute Gasteiger partial charge is 0.417 e. The number of fused-ring (bicyclic) bond motifs is 1. The van der Waals surface area contributed by atoms with Gasteiger partial charge in [-0.05, 0) is 30.3 Å². The van der Waals surface area contributed by atoms with Crippen LogP contribution in [0.1, 0.15) is 15.9 Å². The van der Waals surface area contributed by atoms with Crippen molar-refractivity contribution >= 4 is 22.5 Å². The first kappa shape index (κ1) is 19.6. The summed E-state index contributed by atoms with van der Waals surface area (Å²) in [7, 11) is 1.55. The Morgan fingerprint density at radius 3 is 2.46 bits per heavy atom. The van der Waals surface area contributed by atoms with Gasteiger partial charge in [0, 0.05) is 24.4 Å². The first-order valence-corrected chi connectivity index (χ1v) is 8.38. The number of amides is 1. The normalized spacial score (nSPS) is 11.4. The summed E-state index contributed by atoms with van der Waals surface area (Å²) >= 11 is 0. The molecule has 0 aliphatic carbocycles. The second kappa shape index (κ2) is 8.26. The number of benzene rings is 2. The minimum atomic E-state index is -4.70. The number of carbonyl (C=O) groups excluding carboxylic acids is 1. The van der Waals surface area contributed by atoms with Crippen LogP contribution in [0.5, 0.6) is 5.75 Å². The van der Waals surface area contributed by atoms with E-state index in [0.29, 0.717) is 24.7 Å². The topological polar surface area (TPSA) is 60.5 Å². The molecule has 146 valence electrons. The van der Waals surface area contributed by atoms with Crippen molar-refractivity contribution in [3.05, 3.63) is 65.9 Å². The molecule has 1 aromatic heterocycles. The number of aromatic nitrogens is 1. The van der Waals surface area contributed by atoms with E-state index in [1.807, 2.05) is 0 Å². The van der Waals surface area contributed by atoms with Crippen LogP contribution in [0.25, 0.3) is 10.9 Å². The van der Waals surface area contributed by atoms with Gasteiger partial charge in [-0.2, -0.15) is 13.2 Å². The minimum Gasteiger partial charge on any atom is -0.491 e. The van der Waals surface area contributed by atoms with Crippen molar-refractivity contribution in [2.45, 2.75) is 6.18 Å². The summed E-state index contributed by atoms with van der Waals surface area (Å²) in [6.45, 7) is 0.785. The Kier molecular flexibility index (Phi) is 5.79. The van der Waals surface area contributed by atoms with Gasteiger partial charge < -0.3 is 14.8 Å². The van der Waals surface area contributed by atoms with Crippen LogP contribution in [0.4, 0.5) is 18.9 Å². The fourth-order valence-electron chi connectivity index (χ4n) is 2.69. The second-order valence-electron chi connectivity index (χ2n) is 5.88. The molecule has 1 amide bonds. The van der Waals surface area contributed by atoms with Crippen molar-refractivity contribution < 1.29 is 27.4 Å².